The number of nitrogens with zero attached hydrogens (tertiary/aromatic N) is 3. The standard InChI is InChI=1S/C23H25N3O3/c1-15(2)24-14-17-12-18(10-11-19(17)20(24)27)26-22(29)25(21(28)23(26,3)4)13-16-8-6-5-7-9-16/h5-12,15H,13-14H2,1-4H3. The molecule has 29 heavy (non-hydrogen) atoms. The second kappa shape index (κ2) is 6.72. The van der Waals surface area contributed by atoms with Crippen LogP contribution >= 0.6 is 0 Å². The number of urea groups is 1. The molecule has 0 bridgehead atoms. The van der Waals surface area contributed by atoms with Crippen LogP contribution in [0.1, 0.15) is 49.2 Å². The minimum atomic E-state index is -1.000. The molecule has 2 aromatic rings. The molecule has 4 rings (SSSR count). The zero-order valence-corrected chi connectivity index (χ0v) is 17.2. The van der Waals surface area contributed by atoms with Crippen LogP contribution in [0.15, 0.2) is 48.5 Å². The first-order valence-corrected chi connectivity index (χ1v) is 9.86. The Kier molecular flexibility index (Phi) is 4.45. The van der Waals surface area contributed by atoms with E-state index in [0.29, 0.717) is 17.8 Å². The fourth-order valence-electron chi connectivity index (χ4n) is 4.10. The van der Waals surface area contributed by atoms with Crippen molar-refractivity contribution < 1.29 is 14.4 Å². The van der Waals surface area contributed by atoms with Gasteiger partial charge in [0, 0.05) is 23.8 Å². The zero-order valence-electron chi connectivity index (χ0n) is 17.2. The summed E-state index contributed by atoms with van der Waals surface area (Å²) >= 11 is 0. The Morgan fingerprint density at radius 1 is 1.00 bits per heavy atom. The number of amides is 4. The summed E-state index contributed by atoms with van der Waals surface area (Å²) in [4.78, 5) is 43.5. The number of fused-ring (bicyclic) bond motifs is 1. The van der Waals surface area contributed by atoms with Gasteiger partial charge >= 0.3 is 6.03 Å². The van der Waals surface area contributed by atoms with Crippen molar-refractivity contribution in [1.29, 1.82) is 0 Å². The maximum absolute atomic E-state index is 13.2. The van der Waals surface area contributed by atoms with Gasteiger partial charge in [-0.15, -0.1) is 0 Å². The van der Waals surface area contributed by atoms with E-state index in [1.807, 2.05) is 50.2 Å². The molecule has 0 aliphatic carbocycles. The molecule has 150 valence electrons. The molecular weight excluding hydrogens is 366 g/mol. The van der Waals surface area contributed by atoms with E-state index in [-0.39, 0.29) is 30.4 Å². The highest BCUT2D eigenvalue weighted by Crippen LogP contribution is 2.36. The first-order chi connectivity index (χ1) is 13.7. The molecule has 0 unspecified atom stereocenters. The third kappa shape index (κ3) is 2.99. The van der Waals surface area contributed by atoms with Crippen molar-refractivity contribution in [2.75, 3.05) is 4.90 Å². The molecule has 0 atom stereocenters. The third-order valence-corrected chi connectivity index (χ3v) is 5.74. The SMILES string of the molecule is CC(C)N1Cc2cc(N3C(=O)N(Cc4ccccc4)C(=O)C3(C)C)ccc2C1=O. The van der Waals surface area contributed by atoms with Gasteiger partial charge in [0.25, 0.3) is 11.8 Å². The Morgan fingerprint density at radius 2 is 1.69 bits per heavy atom. The molecular formula is C23H25N3O3. The first-order valence-electron chi connectivity index (χ1n) is 9.86. The lowest BCUT2D eigenvalue weighted by molar-refractivity contribution is -0.130. The van der Waals surface area contributed by atoms with Gasteiger partial charge in [-0.2, -0.15) is 0 Å². The van der Waals surface area contributed by atoms with Gasteiger partial charge in [0.05, 0.1) is 6.54 Å². The van der Waals surface area contributed by atoms with Crippen molar-refractivity contribution in [3.8, 4) is 0 Å². The molecule has 0 saturated carbocycles. The van der Waals surface area contributed by atoms with Crippen LogP contribution in [0.25, 0.3) is 0 Å². The van der Waals surface area contributed by atoms with Gasteiger partial charge in [-0.3, -0.25) is 19.4 Å². The van der Waals surface area contributed by atoms with E-state index in [9.17, 15) is 14.4 Å². The van der Waals surface area contributed by atoms with E-state index in [0.717, 1.165) is 11.1 Å². The van der Waals surface area contributed by atoms with Crippen LogP contribution in [0.4, 0.5) is 10.5 Å². The summed E-state index contributed by atoms with van der Waals surface area (Å²) in [5.74, 6) is -0.220. The van der Waals surface area contributed by atoms with Gasteiger partial charge in [0.2, 0.25) is 0 Å². The molecule has 0 radical (unpaired) electrons. The molecule has 0 N–H and O–H groups in total. The molecule has 1 fully saturated rings. The summed E-state index contributed by atoms with van der Waals surface area (Å²) in [5, 5.41) is 0. The van der Waals surface area contributed by atoms with E-state index in [4.69, 9.17) is 0 Å². The van der Waals surface area contributed by atoms with Crippen molar-refractivity contribution in [1.82, 2.24) is 9.80 Å². The van der Waals surface area contributed by atoms with Crippen LogP contribution in [-0.4, -0.2) is 39.2 Å². The normalized spacial score (nSPS) is 18.2. The number of imide groups is 1. The Balaban J connectivity index is 1.67. The Hall–Kier alpha value is -3.15. The summed E-state index contributed by atoms with van der Waals surface area (Å²) in [7, 11) is 0. The topological polar surface area (TPSA) is 60.9 Å². The van der Waals surface area contributed by atoms with Crippen LogP contribution in [0, 0.1) is 0 Å². The molecule has 6 heteroatoms. The van der Waals surface area contributed by atoms with Crippen molar-refractivity contribution in [2.45, 2.75) is 52.4 Å². The lowest BCUT2D eigenvalue weighted by Gasteiger charge is -2.28. The predicted molar refractivity (Wildman–Crippen MR) is 110 cm³/mol. The highest BCUT2D eigenvalue weighted by Gasteiger charge is 2.52. The Labute approximate surface area is 170 Å². The lowest BCUT2D eigenvalue weighted by atomic mass is 10.0. The van der Waals surface area contributed by atoms with Crippen LogP contribution in [0.5, 0.6) is 0 Å². The van der Waals surface area contributed by atoms with Crippen molar-refractivity contribution in [2.24, 2.45) is 0 Å². The van der Waals surface area contributed by atoms with Gasteiger partial charge in [-0.1, -0.05) is 30.3 Å². The second-order valence-electron chi connectivity index (χ2n) is 8.42. The maximum Gasteiger partial charge on any atom is 0.332 e. The van der Waals surface area contributed by atoms with Gasteiger partial charge < -0.3 is 4.90 Å². The quantitative estimate of drug-likeness (QED) is 0.745. The number of carbonyl (C=O) groups is 3. The van der Waals surface area contributed by atoms with E-state index in [1.54, 1.807) is 35.8 Å². The molecule has 2 aromatic carbocycles. The molecule has 1 saturated heterocycles. The molecule has 0 spiro atoms. The van der Waals surface area contributed by atoms with E-state index in [1.165, 1.54) is 4.90 Å². The van der Waals surface area contributed by atoms with Crippen LogP contribution in [-0.2, 0) is 17.9 Å². The molecule has 2 aliphatic rings. The van der Waals surface area contributed by atoms with Gasteiger partial charge in [0.1, 0.15) is 5.54 Å². The summed E-state index contributed by atoms with van der Waals surface area (Å²) in [6, 6.07) is 14.6. The van der Waals surface area contributed by atoms with Gasteiger partial charge in [-0.25, -0.2) is 4.79 Å². The fourth-order valence-corrected chi connectivity index (χ4v) is 4.10. The minimum Gasteiger partial charge on any atom is -0.332 e. The smallest absolute Gasteiger partial charge is 0.332 e. The van der Waals surface area contributed by atoms with Crippen molar-refractivity contribution >= 4 is 23.5 Å². The third-order valence-electron chi connectivity index (χ3n) is 5.74. The fraction of sp³-hybridized carbons (Fsp3) is 0.348. The largest absolute Gasteiger partial charge is 0.332 e. The Bertz CT molecular complexity index is 998. The van der Waals surface area contributed by atoms with Crippen LogP contribution < -0.4 is 4.90 Å². The molecule has 0 aromatic heterocycles. The molecule has 2 heterocycles. The highest BCUT2D eigenvalue weighted by atomic mass is 16.2. The van der Waals surface area contributed by atoms with E-state index >= 15 is 0 Å². The number of rotatable bonds is 4. The average Bonchev–Trinajstić information content (AvgIpc) is 3.09. The average molecular weight is 391 g/mol. The number of anilines is 1. The van der Waals surface area contributed by atoms with E-state index in [2.05, 4.69) is 0 Å². The minimum absolute atomic E-state index is 0.00957. The first kappa shape index (κ1) is 19.2. The highest BCUT2D eigenvalue weighted by molar-refractivity contribution is 6.16. The van der Waals surface area contributed by atoms with E-state index < -0.39 is 5.54 Å². The van der Waals surface area contributed by atoms with Crippen molar-refractivity contribution in [3.05, 3.63) is 65.2 Å². The molecule has 6 nitrogen and oxygen atoms in total. The number of benzene rings is 2. The summed E-state index contributed by atoms with van der Waals surface area (Å²) in [6.45, 7) is 8.25. The zero-order chi connectivity index (χ0) is 20.9. The predicted octanol–water partition coefficient (Wildman–Crippen LogP) is 3.80. The lowest BCUT2D eigenvalue weighted by Crippen LogP contribution is -2.44. The summed E-state index contributed by atoms with van der Waals surface area (Å²) in [5.41, 5.74) is 2.10. The monoisotopic (exact) mass is 391 g/mol. The van der Waals surface area contributed by atoms with Gasteiger partial charge in [0.15, 0.2) is 0 Å². The Morgan fingerprint density at radius 3 is 2.34 bits per heavy atom. The molecule has 2 aliphatic heterocycles. The van der Waals surface area contributed by atoms with Gasteiger partial charge in [-0.05, 0) is 57.0 Å². The summed E-state index contributed by atoms with van der Waals surface area (Å²) in [6.07, 6.45) is 0. The number of hydrogen-bond donors (Lipinski definition) is 0. The molecule has 4 amide bonds. The second-order valence-corrected chi connectivity index (χ2v) is 8.42. The number of hydrogen-bond acceptors (Lipinski definition) is 3. The maximum atomic E-state index is 13.2. The van der Waals surface area contributed by atoms with Crippen molar-refractivity contribution in [3.63, 3.8) is 0 Å². The number of carbonyl (C=O) groups excluding carboxylic acids is 3. The van der Waals surface area contributed by atoms with Crippen LogP contribution in [0.3, 0.4) is 0 Å². The summed E-state index contributed by atoms with van der Waals surface area (Å²) < 4.78 is 0. The van der Waals surface area contributed by atoms with Crippen LogP contribution in [0.2, 0.25) is 0 Å².